The lowest BCUT2D eigenvalue weighted by Crippen LogP contribution is -2.00. The predicted octanol–water partition coefficient (Wildman–Crippen LogP) is 3.95. The van der Waals surface area contributed by atoms with Crippen molar-refractivity contribution in [1.29, 1.82) is 5.26 Å². The number of nitrogens with zero attached hydrogens (tertiary/aromatic N) is 1. The molecule has 0 aliphatic rings. The van der Waals surface area contributed by atoms with E-state index in [0.717, 1.165) is 6.07 Å². The Hall–Kier alpha value is -2.39. The highest BCUT2D eigenvalue weighted by molar-refractivity contribution is 9.10. The van der Waals surface area contributed by atoms with Crippen molar-refractivity contribution in [1.82, 2.24) is 0 Å². The summed E-state index contributed by atoms with van der Waals surface area (Å²) in [4.78, 5) is 11.1. The van der Waals surface area contributed by atoms with E-state index in [0.29, 0.717) is 4.47 Å². The SMILES string of the molecule is N#Cc1ccc(Oc2ccc(Br)cc2C(=O)O)c(F)c1. The Bertz CT molecular complexity index is 725. The molecule has 1 N–H and O–H groups in total. The van der Waals surface area contributed by atoms with Gasteiger partial charge < -0.3 is 9.84 Å². The molecule has 2 aromatic rings. The predicted molar refractivity (Wildman–Crippen MR) is 72.3 cm³/mol. The van der Waals surface area contributed by atoms with E-state index < -0.39 is 11.8 Å². The number of carboxylic acid groups (broad SMARTS) is 1. The van der Waals surface area contributed by atoms with Gasteiger partial charge in [0.2, 0.25) is 0 Å². The first-order chi connectivity index (χ1) is 9.51. The molecule has 0 aromatic heterocycles. The van der Waals surface area contributed by atoms with Crippen LogP contribution in [-0.2, 0) is 0 Å². The van der Waals surface area contributed by atoms with Crippen LogP contribution in [0.2, 0.25) is 0 Å². The average molecular weight is 336 g/mol. The Kier molecular flexibility index (Phi) is 4.01. The molecule has 20 heavy (non-hydrogen) atoms. The number of carboxylic acids is 1. The fourth-order valence-electron chi connectivity index (χ4n) is 1.53. The number of nitriles is 1. The Morgan fingerprint density at radius 3 is 2.55 bits per heavy atom. The zero-order valence-corrected chi connectivity index (χ0v) is 11.5. The van der Waals surface area contributed by atoms with Gasteiger partial charge in [0.15, 0.2) is 11.6 Å². The van der Waals surface area contributed by atoms with Crippen LogP contribution in [-0.4, -0.2) is 11.1 Å². The highest BCUT2D eigenvalue weighted by atomic mass is 79.9. The summed E-state index contributed by atoms with van der Waals surface area (Å²) in [7, 11) is 0. The van der Waals surface area contributed by atoms with Crippen LogP contribution in [0.15, 0.2) is 40.9 Å². The van der Waals surface area contributed by atoms with E-state index >= 15 is 0 Å². The summed E-state index contributed by atoms with van der Waals surface area (Å²) < 4.78 is 19.5. The molecule has 0 aliphatic carbocycles. The molecule has 0 atom stereocenters. The summed E-state index contributed by atoms with van der Waals surface area (Å²) in [6.07, 6.45) is 0. The van der Waals surface area contributed by atoms with Crippen molar-refractivity contribution in [3.8, 4) is 17.6 Å². The molecule has 0 fully saturated rings. The number of halogens is 2. The van der Waals surface area contributed by atoms with Crippen LogP contribution in [0.5, 0.6) is 11.5 Å². The van der Waals surface area contributed by atoms with E-state index in [1.54, 1.807) is 12.1 Å². The summed E-state index contributed by atoms with van der Waals surface area (Å²) in [6, 6.07) is 9.86. The third kappa shape index (κ3) is 2.95. The van der Waals surface area contributed by atoms with Crippen LogP contribution >= 0.6 is 15.9 Å². The van der Waals surface area contributed by atoms with Crippen LogP contribution in [0.25, 0.3) is 0 Å². The van der Waals surface area contributed by atoms with Gasteiger partial charge >= 0.3 is 5.97 Å². The minimum atomic E-state index is -1.18. The number of benzene rings is 2. The second kappa shape index (κ2) is 5.72. The second-order valence-corrected chi connectivity index (χ2v) is 4.72. The molecule has 2 aromatic carbocycles. The van der Waals surface area contributed by atoms with Gasteiger partial charge in [0.05, 0.1) is 11.6 Å². The minimum Gasteiger partial charge on any atom is -0.478 e. The van der Waals surface area contributed by atoms with Crippen LogP contribution in [0, 0.1) is 17.1 Å². The largest absolute Gasteiger partial charge is 0.478 e. The third-order valence-corrected chi connectivity index (χ3v) is 2.95. The van der Waals surface area contributed by atoms with Gasteiger partial charge in [0.25, 0.3) is 0 Å². The fourth-order valence-corrected chi connectivity index (χ4v) is 1.89. The Labute approximate surface area is 122 Å². The minimum absolute atomic E-state index is 0.0179. The lowest BCUT2D eigenvalue weighted by molar-refractivity contribution is 0.0694. The van der Waals surface area contributed by atoms with Gasteiger partial charge in [0, 0.05) is 4.47 Å². The monoisotopic (exact) mass is 335 g/mol. The first-order valence-corrected chi connectivity index (χ1v) is 6.21. The maximum Gasteiger partial charge on any atom is 0.339 e. The molecule has 100 valence electrons. The van der Waals surface area contributed by atoms with Crippen molar-refractivity contribution in [2.75, 3.05) is 0 Å². The number of carbonyl (C=O) groups is 1. The third-order valence-electron chi connectivity index (χ3n) is 2.45. The lowest BCUT2D eigenvalue weighted by Gasteiger charge is -2.10. The molecule has 2 rings (SSSR count). The van der Waals surface area contributed by atoms with E-state index in [9.17, 15) is 9.18 Å². The molecule has 6 heteroatoms. The average Bonchev–Trinajstić information content (AvgIpc) is 2.42. The van der Waals surface area contributed by atoms with Gasteiger partial charge in [-0.2, -0.15) is 5.26 Å². The fraction of sp³-hybridized carbons (Fsp3) is 0. The van der Waals surface area contributed by atoms with Crippen molar-refractivity contribution >= 4 is 21.9 Å². The zero-order chi connectivity index (χ0) is 14.7. The molecule has 4 nitrogen and oxygen atoms in total. The zero-order valence-electron chi connectivity index (χ0n) is 9.93. The molecule has 0 radical (unpaired) electrons. The maximum absolute atomic E-state index is 13.7. The summed E-state index contributed by atoms with van der Waals surface area (Å²) in [5.74, 6) is -2.04. The van der Waals surface area contributed by atoms with Crippen molar-refractivity contribution in [3.63, 3.8) is 0 Å². The standard InChI is InChI=1S/C14H7BrFNO3/c15-9-2-4-12(10(6-9)14(18)19)20-13-3-1-8(7-17)5-11(13)16/h1-6H,(H,18,19). The summed E-state index contributed by atoms with van der Waals surface area (Å²) in [6.45, 7) is 0. The molecule has 0 saturated heterocycles. The van der Waals surface area contributed by atoms with Crippen LogP contribution in [0.3, 0.4) is 0 Å². The van der Waals surface area contributed by atoms with Gasteiger partial charge in [-0.05, 0) is 36.4 Å². The highest BCUT2D eigenvalue weighted by Crippen LogP contribution is 2.30. The highest BCUT2D eigenvalue weighted by Gasteiger charge is 2.14. The summed E-state index contributed by atoms with van der Waals surface area (Å²) in [5.41, 5.74) is 0.0623. The number of hydrogen-bond donors (Lipinski definition) is 1. The molecular formula is C14H7BrFNO3. The van der Waals surface area contributed by atoms with Crippen molar-refractivity contribution in [2.24, 2.45) is 0 Å². The number of rotatable bonds is 3. The Morgan fingerprint density at radius 1 is 1.25 bits per heavy atom. The van der Waals surface area contributed by atoms with Gasteiger partial charge in [-0.1, -0.05) is 15.9 Å². The van der Waals surface area contributed by atoms with Crippen LogP contribution in [0.4, 0.5) is 4.39 Å². The molecule has 0 aliphatic heterocycles. The Morgan fingerprint density at radius 2 is 1.95 bits per heavy atom. The van der Waals surface area contributed by atoms with Gasteiger partial charge in [-0.15, -0.1) is 0 Å². The van der Waals surface area contributed by atoms with Crippen LogP contribution < -0.4 is 4.74 Å². The number of ether oxygens (including phenoxy) is 1. The maximum atomic E-state index is 13.7. The lowest BCUT2D eigenvalue weighted by atomic mass is 10.2. The van der Waals surface area contributed by atoms with E-state index in [-0.39, 0.29) is 22.6 Å². The van der Waals surface area contributed by atoms with E-state index in [1.165, 1.54) is 24.3 Å². The smallest absolute Gasteiger partial charge is 0.339 e. The van der Waals surface area contributed by atoms with Crippen molar-refractivity contribution < 1.29 is 19.0 Å². The second-order valence-electron chi connectivity index (χ2n) is 3.80. The van der Waals surface area contributed by atoms with Crippen molar-refractivity contribution in [3.05, 3.63) is 57.8 Å². The topological polar surface area (TPSA) is 70.3 Å². The molecule has 0 spiro atoms. The molecule has 0 saturated carbocycles. The normalized spacial score (nSPS) is 9.85. The van der Waals surface area contributed by atoms with Gasteiger partial charge in [0.1, 0.15) is 11.3 Å². The molecule has 0 heterocycles. The first-order valence-electron chi connectivity index (χ1n) is 5.41. The molecule has 0 amide bonds. The van der Waals surface area contributed by atoms with E-state index in [1.807, 2.05) is 0 Å². The van der Waals surface area contributed by atoms with E-state index in [2.05, 4.69) is 15.9 Å². The summed E-state index contributed by atoms with van der Waals surface area (Å²) in [5, 5.41) is 17.7. The van der Waals surface area contributed by atoms with Crippen molar-refractivity contribution in [2.45, 2.75) is 0 Å². The summed E-state index contributed by atoms with van der Waals surface area (Å²) >= 11 is 3.15. The molecular weight excluding hydrogens is 329 g/mol. The quantitative estimate of drug-likeness (QED) is 0.921. The van der Waals surface area contributed by atoms with Crippen LogP contribution in [0.1, 0.15) is 15.9 Å². The number of aromatic carboxylic acids is 1. The molecule has 0 bridgehead atoms. The van der Waals surface area contributed by atoms with E-state index in [4.69, 9.17) is 15.1 Å². The van der Waals surface area contributed by atoms with Gasteiger partial charge in [-0.25, -0.2) is 9.18 Å². The first kappa shape index (κ1) is 14.0. The van der Waals surface area contributed by atoms with Gasteiger partial charge in [-0.3, -0.25) is 0 Å². The molecule has 0 unspecified atom stereocenters. The number of hydrogen-bond acceptors (Lipinski definition) is 3. The Balaban J connectivity index is 2.40.